The minimum absolute atomic E-state index is 0.0202. The zero-order chi connectivity index (χ0) is 13.5. The van der Waals surface area contributed by atoms with Crippen molar-refractivity contribution in [2.45, 2.75) is 38.1 Å². The fourth-order valence-corrected chi connectivity index (χ4v) is 1.75. The van der Waals surface area contributed by atoms with Crippen LogP contribution in [0.2, 0.25) is 0 Å². The standard InChI is InChI=1S/C14H20BrNO2/c1-4-13(15)14(17)16-10(3)11-7-6-8-12(9-11)18-5-2/h6-10,13H,4-5H2,1-3H3,(H,16,17). The topological polar surface area (TPSA) is 38.3 Å². The lowest BCUT2D eigenvalue weighted by Gasteiger charge is -2.17. The van der Waals surface area contributed by atoms with Crippen molar-refractivity contribution in [2.75, 3.05) is 6.61 Å². The van der Waals surface area contributed by atoms with Crippen molar-refractivity contribution < 1.29 is 9.53 Å². The summed E-state index contributed by atoms with van der Waals surface area (Å²) in [5, 5.41) is 2.97. The Bertz CT molecular complexity index is 395. The molecule has 1 aromatic carbocycles. The van der Waals surface area contributed by atoms with Crippen LogP contribution in [0.15, 0.2) is 24.3 Å². The van der Waals surface area contributed by atoms with E-state index in [9.17, 15) is 4.79 Å². The van der Waals surface area contributed by atoms with E-state index in [2.05, 4.69) is 21.2 Å². The molecule has 18 heavy (non-hydrogen) atoms. The van der Waals surface area contributed by atoms with Crippen molar-refractivity contribution in [2.24, 2.45) is 0 Å². The number of amides is 1. The molecule has 0 aliphatic heterocycles. The summed E-state index contributed by atoms with van der Waals surface area (Å²) in [5.74, 6) is 0.855. The van der Waals surface area contributed by atoms with E-state index in [0.29, 0.717) is 6.61 Å². The smallest absolute Gasteiger partial charge is 0.234 e. The van der Waals surface area contributed by atoms with Crippen LogP contribution in [-0.2, 0) is 4.79 Å². The van der Waals surface area contributed by atoms with Gasteiger partial charge in [0.05, 0.1) is 17.5 Å². The average molecular weight is 314 g/mol. The van der Waals surface area contributed by atoms with E-state index in [4.69, 9.17) is 4.74 Å². The maximum atomic E-state index is 11.8. The maximum absolute atomic E-state index is 11.8. The molecule has 0 saturated carbocycles. The van der Waals surface area contributed by atoms with E-state index in [1.165, 1.54) is 0 Å². The lowest BCUT2D eigenvalue weighted by molar-refractivity contribution is -0.121. The SMILES string of the molecule is CCOc1cccc(C(C)NC(=O)C(Br)CC)c1. The normalized spacial score (nSPS) is 13.8. The predicted octanol–water partition coefficient (Wildman–Crippen LogP) is 3.44. The number of rotatable bonds is 6. The third-order valence-electron chi connectivity index (χ3n) is 2.67. The lowest BCUT2D eigenvalue weighted by atomic mass is 10.1. The number of hydrogen-bond acceptors (Lipinski definition) is 2. The maximum Gasteiger partial charge on any atom is 0.234 e. The zero-order valence-electron chi connectivity index (χ0n) is 11.1. The second-order valence-electron chi connectivity index (χ2n) is 4.11. The summed E-state index contributed by atoms with van der Waals surface area (Å²) >= 11 is 3.35. The number of carbonyl (C=O) groups is 1. The second kappa shape index (κ2) is 7.41. The van der Waals surface area contributed by atoms with Crippen LogP contribution in [0.3, 0.4) is 0 Å². The van der Waals surface area contributed by atoms with Gasteiger partial charge in [-0.25, -0.2) is 0 Å². The number of halogens is 1. The molecule has 0 bridgehead atoms. The van der Waals surface area contributed by atoms with Crippen molar-refractivity contribution in [3.8, 4) is 5.75 Å². The molecule has 1 amide bonds. The summed E-state index contributed by atoms with van der Waals surface area (Å²) in [6.07, 6.45) is 0.775. The van der Waals surface area contributed by atoms with Gasteiger partial charge < -0.3 is 10.1 Å². The van der Waals surface area contributed by atoms with Gasteiger partial charge in [0.2, 0.25) is 5.91 Å². The monoisotopic (exact) mass is 313 g/mol. The van der Waals surface area contributed by atoms with E-state index in [-0.39, 0.29) is 16.8 Å². The Labute approximate surface area is 117 Å². The molecule has 0 aliphatic carbocycles. The summed E-state index contributed by atoms with van der Waals surface area (Å²) in [5.41, 5.74) is 1.05. The molecule has 0 spiro atoms. The molecule has 2 unspecified atom stereocenters. The van der Waals surface area contributed by atoms with E-state index in [1.807, 2.05) is 45.0 Å². The fourth-order valence-electron chi connectivity index (χ4n) is 1.61. The Balaban J connectivity index is 2.68. The average Bonchev–Trinajstić information content (AvgIpc) is 2.38. The van der Waals surface area contributed by atoms with Gasteiger partial charge in [0.1, 0.15) is 5.75 Å². The molecule has 0 saturated heterocycles. The van der Waals surface area contributed by atoms with Crippen LogP contribution >= 0.6 is 15.9 Å². The van der Waals surface area contributed by atoms with Crippen LogP contribution in [0.4, 0.5) is 0 Å². The Kier molecular flexibility index (Phi) is 6.19. The Morgan fingerprint density at radius 3 is 2.78 bits per heavy atom. The third-order valence-corrected chi connectivity index (χ3v) is 3.73. The molecule has 4 heteroatoms. The van der Waals surface area contributed by atoms with Gasteiger partial charge in [0.15, 0.2) is 0 Å². The first-order chi connectivity index (χ1) is 8.58. The summed E-state index contributed by atoms with van der Waals surface area (Å²) in [7, 11) is 0. The number of nitrogens with one attached hydrogen (secondary N) is 1. The van der Waals surface area contributed by atoms with Crippen molar-refractivity contribution in [3.63, 3.8) is 0 Å². The molecule has 0 heterocycles. The summed E-state index contributed by atoms with van der Waals surface area (Å²) in [4.78, 5) is 11.6. The highest BCUT2D eigenvalue weighted by molar-refractivity contribution is 9.10. The van der Waals surface area contributed by atoms with Crippen LogP contribution in [0.1, 0.15) is 38.8 Å². The molecular weight excluding hydrogens is 294 g/mol. The van der Waals surface area contributed by atoms with Crippen molar-refractivity contribution in [1.82, 2.24) is 5.32 Å². The van der Waals surface area contributed by atoms with Crippen LogP contribution in [0.5, 0.6) is 5.75 Å². The zero-order valence-corrected chi connectivity index (χ0v) is 12.7. The Hall–Kier alpha value is -1.03. The van der Waals surface area contributed by atoms with E-state index < -0.39 is 0 Å². The quantitative estimate of drug-likeness (QED) is 0.817. The number of alkyl halides is 1. The van der Waals surface area contributed by atoms with Crippen molar-refractivity contribution in [3.05, 3.63) is 29.8 Å². The van der Waals surface area contributed by atoms with Gasteiger partial charge in [0, 0.05) is 0 Å². The first kappa shape index (κ1) is 15.0. The largest absolute Gasteiger partial charge is 0.494 e. The molecule has 1 N–H and O–H groups in total. The number of ether oxygens (including phenoxy) is 1. The number of benzene rings is 1. The summed E-state index contributed by atoms with van der Waals surface area (Å²) in [6.45, 7) is 6.54. The van der Waals surface area contributed by atoms with E-state index in [0.717, 1.165) is 17.7 Å². The summed E-state index contributed by atoms with van der Waals surface area (Å²) < 4.78 is 5.45. The molecule has 1 rings (SSSR count). The molecule has 0 aromatic heterocycles. The van der Waals surface area contributed by atoms with Crippen molar-refractivity contribution >= 4 is 21.8 Å². The van der Waals surface area contributed by atoms with Crippen LogP contribution < -0.4 is 10.1 Å². The van der Waals surface area contributed by atoms with Gasteiger partial charge in [-0.3, -0.25) is 4.79 Å². The molecule has 2 atom stereocenters. The molecule has 0 fully saturated rings. The first-order valence-electron chi connectivity index (χ1n) is 6.25. The number of hydrogen-bond donors (Lipinski definition) is 1. The highest BCUT2D eigenvalue weighted by Gasteiger charge is 2.15. The predicted molar refractivity (Wildman–Crippen MR) is 77.2 cm³/mol. The van der Waals surface area contributed by atoms with Crippen LogP contribution in [0, 0.1) is 0 Å². The number of carbonyl (C=O) groups excluding carboxylic acids is 1. The summed E-state index contributed by atoms with van der Waals surface area (Å²) in [6, 6.07) is 7.78. The van der Waals surface area contributed by atoms with Crippen LogP contribution in [-0.4, -0.2) is 17.3 Å². The highest BCUT2D eigenvalue weighted by Crippen LogP contribution is 2.19. The third kappa shape index (κ3) is 4.33. The molecule has 0 radical (unpaired) electrons. The highest BCUT2D eigenvalue weighted by atomic mass is 79.9. The Morgan fingerprint density at radius 2 is 2.17 bits per heavy atom. The molecule has 100 valence electrons. The van der Waals surface area contributed by atoms with Gasteiger partial charge >= 0.3 is 0 Å². The lowest BCUT2D eigenvalue weighted by Crippen LogP contribution is -2.32. The van der Waals surface area contributed by atoms with Crippen LogP contribution in [0.25, 0.3) is 0 Å². The fraction of sp³-hybridized carbons (Fsp3) is 0.500. The molecule has 0 aliphatic rings. The van der Waals surface area contributed by atoms with E-state index >= 15 is 0 Å². The molecule has 1 aromatic rings. The van der Waals surface area contributed by atoms with Gasteiger partial charge in [-0.2, -0.15) is 0 Å². The van der Waals surface area contributed by atoms with Gasteiger partial charge in [-0.15, -0.1) is 0 Å². The van der Waals surface area contributed by atoms with Gasteiger partial charge in [-0.1, -0.05) is 35.0 Å². The van der Waals surface area contributed by atoms with Crippen molar-refractivity contribution in [1.29, 1.82) is 0 Å². The minimum atomic E-state index is -0.130. The van der Waals surface area contributed by atoms with Gasteiger partial charge in [-0.05, 0) is 38.0 Å². The second-order valence-corrected chi connectivity index (χ2v) is 5.22. The minimum Gasteiger partial charge on any atom is -0.494 e. The Morgan fingerprint density at radius 1 is 1.44 bits per heavy atom. The first-order valence-corrected chi connectivity index (χ1v) is 7.17. The molecular formula is C14H20BrNO2. The molecule has 3 nitrogen and oxygen atoms in total. The van der Waals surface area contributed by atoms with E-state index in [1.54, 1.807) is 0 Å². The van der Waals surface area contributed by atoms with Gasteiger partial charge in [0.25, 0.3) is 0 Å².